The van der Waals surface area contributed by atoms with Gasteiger partial charge in [-0.2, -0.15) is 0 Å². The lowest BCUT2D eigenvalue weighted by atomic mass is 10.3. The lowest BCUT2D eigenvalue weighted by Gasteiger charge is -2.16. The number of nitrogens with zero attached hydrogens (tertiary/aromatic N) is 3. The molecule has 0 fully saturated rings. The van der Waals surface area contributed by atoms with Crippen LogP contribution in [0.2, 0.25) is 0 Å². The van der Waals surface area contributed by atoms with Crippen LogP contribution in [0.25, 0.3) is 0 Å². The Bertz CT molecular complexity index is 405. The van der Waals surface area contributed by atoms with Crippen LogP contribution in [0.15, 0.2) is 12.1 Å². The number of anilines is 1. The third kappa shape index (κ3) is 3.71. The van der Waals surface area contributed by atoms with E-state index in [-0.39, 0.29) is 18.1 Å². The Balaban J connectivity index is 2.66. The minimum Gasteiger partial charge on any atom is -0.476 e. The van der Waals surface area contributed by atoms with Crippen molar-refractivity contribution in [2.45, 2.75) is 6.92 Å². The third-order valence-corrected chi connectivity index (χ3v) is 2.02. The van der Waals surface area contributed by atoms with Crippen LogP contribution >= 0.6 is 0 Å². The van der Waals surface area contributed by atoms with Crippen molar-refractivity contribution in [3.05, 3.63) is 17.8 Å². The molecule has 1 aromatic rings. The highest BCUT2D eigenvalue weighted by molar-refractivity contribution is 5.85. The summed E-state index contributed by atoms with van der Waals surface area (Å²) < 4.78 is 0. The zero-order chi connectivity index (χ0) is 12.8. The second-order valence-corrected chi connectivity index (χ2v) is 3.39. The van der Waals surface area contributed by atoms with Crippen LogP contribution in [0.1, 0.15) is 17.4 Å². The molecule has 7 nitrogen and oxygen atoms in total. The van der Waals surface area contributed by atoms with Gasteiger partial charge >= 0.3 is 5.97 Å². The number of carboxylic acids is 1. The Labute approximate surface area is 98.5 Å². The number of aromatic nitrogens is 2. The first-order valence-electron chi connectivity index (χ1n) is 5.09. The van der Waals surface area contributed by atoms with E-state index in [9.17, 15) is 9.59 Å². The van der Waals surface area contributed by atoms with Crippen LogP contribution in [0.5, 0.6) is 0 Å². The number of carbonyl (C=O) groups excluding carboxylic acids is 1. The summed E-state index contributed by atoms with van der Waals surface area (Å²) in [6, 6.07) is 2.86. The van der Waals surface area contributed by atoms with E-state index in [1.807, 2.05) is 6.92 Å². The van der Waals surface area contributed by atoms with Gasteiger partial charge < -0.3 is 15.3 Å². The van der Waals surface area contributed by atoms with Gasteiger partial charge in [-0.15, -0.1) is 10.2 Å². The molecule has 0 saturated carbocycles. The van der Waals surface area contributed by atoms with Crippen LogP contribution < -0.4 is 10.2 Å². The lowest BCUT2D eigenvalue weighted by molar-refractivity contribution is -0.119. The molecule has 1 amide bonds. The van der Waals surface area contributed by atoms with Crippen LogP contribution in [0, 0.1) is 0 Å². The molecular formula is C10H14N4O3. The fourth-order valence-corrected chi connectivity index (χ4v) is 1.19. The Morgan fingerprint density at radius 3 is 2.59 bits per heavy atom. The van der Waals surface area contributed by atoms with Crippen molar-refractivity contribution in [2.75, 3.05) is 25.0 Å². The number of amides is 1. The normalized spacial score (nSPS) is 9.76. The van der Waals surface area contributed by atoms with E-state index in [4.69, 9.17) is 5.11 Å². The number of aromatic carboxylic acids is 1. The molecule has 0 saturated heterocycles. The van der Waals surface area contributed by atoms with Gasteiger partial charge in [-0.05, 0) is 19.1 Å². The van der Waals surface area contributed by atoms with E-state index in [1.165, 1.54) is 12.1 Å². The molecule has 0 aliphatic carbocycles. The Hall–Kier alpha value is -2.18. The summed E-state index contributed by atoms with van der Waals surface area (Å²) in [4.78, 5) is 23.5. The summed E-state index contributed by atoms with van der Waals surface area (Å²) in [5.74, 6) is -0.809. The number of hydrogen-bond donors (Lipinski definition) is 2. The van der Waals surface area contributed by atoms with E-state index in [2.05, 4.69) is 15.5 Å². The maximum atomic E-state index is 11.3. The SMILES string of the molecule is CCNC(=O)CN(C)c1ccc(C(=O)O)nn1. The summed E-state index contributed by atoms with van der Waals surface area (Å²) in [5, 5.41) is 18.6. The average Bonchev–Trinajstić information content (AvgIpc) is 2.29. The zero-order valence-electron chi connectivity index (χ0n) is 9.67. The van der Waals surface area contributed by atoms with Crippen molar-refractivity contribution < 1.29 is 14.7 Å². The third-order valence-electron chi connectivity index (χ3n) is 2.02. The predicted octanol–water partition coefficient (Wildman–Crippen LogP) is -0.253. The first-order chi connectivity index (χ1) is 8.04. The second kappa shape index (κ2) is 5.78. The lowest BCUT2D eigenvalue weighted by Crippen LogP contribution is -2.35. The molecule has 0 bridgehead atoms. The Kier molecular flexibility index (Phi) is 4.38. The Morgan fingerprint density at radius 1 is 1.41 bits per heavy atom. The Morgan fingerprint density at radius 2 is 2.12 bits per heavy atom. The van der Waals surface area contributed by atoms with Crippen molar-refractivity contribution in [3.63, 3.8) is 0 Å². The molecule has 0 aliphatic heterocycles. The van der Waals surface area contributed by atoms with E-state index in [0.717, 1.165) is 0 Å². The fraction of sp³-hybridized carbons (Fsp3) is 0.400. The summed E-state index contributed by atoms with van der Waals surface area (Å²) in [5.41, 5.74) is -0.125. The first-order valence-corrected chi connectivity index (χ1v) is 5.09. The first kappa shape index (κ1) is 12.9. The molecule has 0 atom stereocenters. The van der Waals surface area contributed by atoms with Gasteiger partial charge in [0.1, 0.15) is 0 Å². The molecule has 7 heteroatoms. The van der Waals surface area contributed by atoms with Gasteiger partial charge in [-0.25, -0.2) is 4.79 Å². The van der Waals surface area contributed by atoms with Crippen LogP contribution in [-0.2, 0) is 4.79 Å². The van der Waals surface area contributed by atoms with Gasteiger partial charge in [0, 0.05) is 13.6 Å². The summed E-state index contributed by atoms with van der Waals surface area (Å²) in [6.45, 7) is 2.55. The highest BCUT2D eigenvalue weighted by Gasteiger charge is 2.10. The minimum absolute atomic E-state index is 0.125. The smallest absolute Gasteiger partial charge is 0.356 e. The summed E-state index contributed by atoms with van der Waals surface area (Å²) in [6.07, 6.45) is 0. The van der Waals surface area contributed by atoms with Gasteiger partial charge in [0.05, 0.1) is 6.54 Å². The van der Waals surface area contributed by atoms with E-state index in [0.29, 0.717) is 12.4 Å². The molecule has 0 aliphatic rings. The van der Waals surface area contributed by atoms with Gasteiger partial charge in [0.25, 0.3) is 0 Å². The predicted molar refractivity (Wildman–Crippen MR) is 60.9 cm³/mol. The average molecular weight is 238 g/mol. The van der Waals surface area contributed by atoms with Crippen molar-refractivity contribution >= 4 is 17.7 Å². The van der Waals surface area contributed by atoms with Crippen LogP contribution in [0.4, 0.5) is 5.82 Å². The maximum Gasteiger partial charge on any atom is 0.356 e. The monoisotopic (exact) mass is 238 g/mol. The molecule has 92 valence electrons. The number of rotatable bonds is 5. The minimum atomic E-state index is -1.13. The second-order valence-electron chi connectivity index (χ2n) is 3.39. The highest BCUT2D eigenvalue weighted by atomic mass is 16.4. The largest absolute Gasteiger partial charge is 0.476 e. The molecule has 0 aromatic carbocycles. The molecule has 1 aromatic heterocycles. The molecule has 0 radical (unpaired) electrons. The fourth-order valence-electron chi connectivity index (χ4n) is 1.19. The van der Waals surface area contributed by atoms with Crippen LogP contribution in [0.3, 0.4) is 0 Å². The van der Waals surface area contributed by atoms with Gasteiger partial charge in [-0.3, -0.25) is 4.79 Å². The van der Waals surface area contributed by atoms with Gasteiger partial charge in [-0.1, -0.05) is 0 Å². The van der Waals surface area contributed by atoms with Gasteiger partial charge in [0.2, 0.25) is 5.91 Å². The van der Waals surface area contributed by atoms with Crippen molar-refractivity contribution in [1.29, 1.82) is 0 Å². The van der Waals surface area contributed by atoms with E-state index < -0.39 is 5.97 Å². The van der Waals surface area contributed by atoms with Crippen molar-refractivity contribution in [1.82, 2.24) is 15.5 Å². The molecular weight excluding hydrogens is 224 g/mol. The topological polar surface area (TPSA) is 95.4 Å². The number of carbonyl (C=O) groups is 2. The molecule has 0 unspecified atom stereocenters. The number of carboxylic acid groups (broad SMARTS) is 1. The van der Waals surface area contributed by atoms with Crippen LogP contribution in [-0.4, -0.2) is 47.3 Å². The summed E-state index contributed by atoms with van der Waals surface area (Å²) >= 11 is 0. The van der Waals surface area contributed by atoms with Crippen molar-refractivity contribution in [3.8, 4) is 0 Å². The molecule has 2 N–H and O–H groups in total. The molecule has 1 rings (SSSR count). The number of nitrogens with one attached hydrogen (secondary N) is 1. The molecule has 1 heterocycles. The zero-order valence-corrected chi connectivity index (χ0v) is 9.67. The standard InChI is InChI=1S/C10H14N4O3/c1-3-11-9(15)6-14(2)8-5-4-7(10(16)17)12-13-8/h4-5H,3,6H2,1-2H3,(H,11,15)(H,16,17). The maximum absolute atomic E-state index is 11.3. The molecule has 0 spiro atoms. The van der Waals surface area contributed by atoms with E-state index >= 15 is 0 Å². The number of hydrogen-bond acceptors (Lipinski definition) is 5. The van der Waals surface area contributed by atoms with E-state index in [1.54, 1.807) is 11.9 Å². The summed E-state index contributed by atoms with van der Waals surface area (Å²) in [7, 11) is 1.68. The quantitative estimate of drug-likeness (QED) is 0.734. The molecule has 17 heavy (non-hydrogen) atoms. The number of likely N-dealkylation sites (N-methyl/N-ethyl adjacent to an activating group) is 2. The highest BCUT2D eigenvalue weighted by Crippen LogP contribution is 2.06. The van der Waals surface area contributed by atoms with Crippen molar-refractivity contribution in [2.24, 2.45) is 0 Å². The van der Waals surface area contributed by atoms with Gasteiger partial charge in [0.15, 0.2) is 11.5 Å².